The van der Waals surface area contributed by atoms with Gasteiger partial charge in [-0.25, -0.2) is 48.2 Å². The van der Waals surface area contributed by atoms with Crippen LogP contribution in [0.1, 0.15) is 53.1 Å². The predicted octanol–water partition coefficient (Wildman–Crippen LogP) is 7.82. The summed E-state index contributed by atoms with van der Waals surface area (Å²) < 4.78 is 173. The van der Waals surface area contributed by atoms with Gasteiger partial charge in [0, 0.05) is 35.8 Å². The first-order chi connectivity index (χ1) is 31.9. The van der Waals surface area contributed by atoms with Gasteiger partial charge in [-0.2, -0.15) is 19.0 Å². The molecule has 0 aliphatic heterocycles. The number of hydrogen-bond donors (Lipinski definition) is 2. The first-order valence-electron chi connectivity index (χ1n) is 20.2. The molecule has 0 radical (unpaired) electrons. The van der Waals surface area contributed by atoms with E-state index in [0.29, 0.717) is 15.4 Å². The van der Waals surface area contributed by atoms with Crippen LogP contribution in [0.2, 0.25) is 5.02 Å². The highest BCUT2D eigenvalue weighted by Gasteiger charge is 2.67. The van der Waals surface area contributed by atoms with Gasteiger partial charge >= 0.3 is 0 Å². The van der Waals surface area contributed by atoms with Crippen molar-refractivity contribution < 1.29 is 56.8 Å². The standard InChI is InChI=1S/C43H33ClF8N8O6S2/c1-67(63,64)31-6-4-3-5-23(31)20-7-8-24-28(14-20)54-41(60(42(24)62)30-10-9-27(44)35-37(30)58(17-32(47)48)56-40(35)57-68(2,65)66)29(13-19-11-21(45)15-22(46)12-19)53-33(61)18-59-38-34(36(55-59)39(49)50)25-16-26(25)43(38,51)52/h3-12,14-15,25-26,29,32,39H,13,16-18H2,1-2H3,(H,53,61)(H,56,57)/t25-,26+,29-/m0/s1. The van der Waals surface area contributed by atoms with E-state index < -0.39 is 122 Å². The molecule has 0 bridgehead atoms. The molecule has 0 saturated heterocycles. The maximum atomic E-state index is 15.6. The van der Waals surface area contributed by atoms with Gasteiger partial charge in [-0.15, -0.1) is 0 Å². The third-order valence-electron chi connectivity index (χ3n) is 11.6. The number of benzene rings is 4. The number of sulfonamides is 1. The van der Waals surface area contributed by atoms with Crippen LogP contribution in [-0.4, -0.2) is 70.8 Å². The maximum absolute atomic E-state index is 15.6. The molecule has 2 aliphatic carbocycles. The summed E-state index contributed by atoms with van der Waals surface area (Å²) in [5, 5.41) is 9.55. The molecule has 14 nitrogen and oxygen atoms in total. The Balaban J connectivity index is 1.30. The molecule has 2 aliphatic rings. The highest BCUT2D eigenvalue weighted by Crippen LogP contribution is 2.68. The molecule has 9 rings (SSSR count). The number of carbonyl (C=O) groups is 1. The van der Waals surface area contributed by atoms with E-state index in [1.54, 1.807) is 6.07 Å². The monoisotopic (exact) mass is 1010 g/mol. The van der Waals surface area contributed by atoms with Gasteiger partial charge in [0.2, 0.25) is 15.9 Å². The van der Waals surface area contributed by atoms with Crippen molar-refractivity contribution in [2.45, 2.75) is 61.6 Å². The zero-order chi connectivity index (χ0) is 48.9. The summed E-state index contributed by atoms with van der Waals surface area (Å²) >= 11 is 6.58. The number of nitrogens with zero attached hydrogens (tertiary/aromatic N) is 6. The van der Waals surface area contributed by atoms with Crippen molar-refractivity contribution >= 4 is 65.0 Å². The van der Waals surface area contributed by atoms with E-state index in [1.807, 2.05) is 0 Å². The number of alkyl halides is 6. The third-order valence-corrected chi connectivity index (χ3v) is 13.7. The Hall–Kier alpha value is -6.40. The number of carbonyl (C=O) groups excluding carboxylic acids is 1. The van der Waals surface area contributed by atoms with E-state index in [1.165, 1.54) is 48.5 Å². The van der Waals surface area contributed by atoms with Gasteiger partial charge < -0.3 is 5.32 Å². The molecule has 2 N–H and O–H groups in total. The molecule has 3 atom stereocenters. The van der Waals surface area contributed by atoms with E-state index >= 15 is 13.6 Å². The molecule has 356 valence electrons. The lowest BCUT2D eigenvalue weighted by molar-refractivity contribution is -0.123. The highest BCUT2D eigenvalue weighted by molar-refractivity contribution is 7.92. The number of hydrogen-bond acceptors (Lipinski definition) is 9. The third kappa shape index (κ3) is 8.45. The number of anilines is 1. The number of sulfone groups is 1. The summed E-state index contributed by atoms with van der Waals surface area (Å²) in [7, 11) is -8.02. The predicted molar refractivity (Wildman–Crippen MR) is 232 cm³/mol. The van der Waals surface area contributed by atoms with Crippen molar-refractivity contribution in [2.75, 3.05) is 17.2 Å². The van der Waals surface area contributed by atoms with Gasteiger partial charge in [0.15, 0.2) is 15.7 Å². The zero-order valence-corrected chi connectivity index (χ0v) is 37.4. The van der Waals surface area contributed by atoms with Crippen LogP contribution in [0.4, 0.5) is 40.9 Å². The van der Waals surface area contributed by atoms with Crippen LogP contribution in [0.15, 0.2) is 82.5 Å². The Labute approximate surface area is 384 Å². The Morgan fingerprint density at radius 2 is 1.63 bits per heavy atom. The molecule has 3 heterocycles. The summed E-state index contributed by atoms with van der Waals surface area (Å²) in [6.45, 7) is -2.32. The lowest BCUT2D eigenvalue weighted by Gasteiger charge is -2.24. The Bertz CT molecular complexity index is 3530. The minimum absolute atomic E-state index is 0.0728. The first-order valence-corrected chi connectivity index (χ1v) is 24.4. The molecule has 1 saturated carbocycles. The van der Waals surface area contributed by atoms with Gasteiger partial charge in [-0.1, -0.05) is 35.9 Å². The van der Waals surface area contributed by atoms with Crippen molar-refractivity contribution in [3.63, 3.8) is 0 Å². The number of nitrogens with one attached hydrogen (secondary N) is 2. The fraction of sp³-hybridized carbons (Fsp3) is 0.279. The summed E-state index contributed by atoms with van der Waals surface area (Å²) in [4.78, 5) is 34.0. The van der Waals surface area contributed by atoms with Crippen LogP contribution >= 0.6 is 11.6 Å². The van der Waals surface area contributed by atoms with Crippen LogP contribution in [-0.2, 0) is 50.1 Å². The van der Waals surface area contributed by atoms with Gasteiger partial charge in [0.1, 0.15) is 41.9 Å². The molecule has 3 aromatic heterocycles. The summed E-state index contributed by atoms with van der Waals surface area (Å²) in [5.41, 5.74) is -3.89. The normalized spacial score (nSPS) is 17.0. The fourth-order valence-electron chi connectivity index (χ4n) is 8.94. The van der Waals surface area contributed by atoms with Crippen LogP contribution in [0, 0.1) is 17.6 Å². The Morgan fingerprint density at radius 3 is 2.29 bits per heavy atom. The second kappa shape index (κ2) is 16.7. The quantitative estimate of drug-likeness (QED) is 0.103. The lowest BCUT2D eigenvalue weighted by Crippen LogP contribution is -2.38. The summed E-state index contributed by atoms with van der Waals surface area (Å²) in [6.07, 6.45) is -5.42. The van der Waals surface area contributed by atoms with Crippen LogP contribution in [0.3, 0.4) is 0 Å². The molecule has 68 heavy (non-hydrogen) atoms. The van der Waals surface area contributed by atoms with Crippen LogP contribution < -0.4 is 15.6 Å². The molecule has 7 aromatic rings. The van der Waals surface area contributed by atoms with E-state index in [0.717, 1.165) is 29.2 Å². The van der Waals surface area contributed by atoms with E-state index in [2.05, 4.69) is 20.2 Å². The van der Waals surface area contributed by atoms with Crippen molar-refractivity contribution in [1.82, 2.24) is 34.4 Å². The van der Waals surface area contributed by atoms with Gasteiger partial charge in [0.25, 0.3) is 24.3 Å². The SMILES string of the molecule is CS(=O)(=O)Nc1nn(CC(F)F)c2c(-n3c([C@H](Cc4cc(F)cc(F)c4)NC(=O)Cn4nc(C(F)F)c5c4C(F)(F)[C@@H]4C[C@H]54)nc4cc(-c5ccccc5S(C)(=O)=O)ccc4c3=O)ccc(Cl)c12. The summed E-state index contributed by atoms with van der Waals surface area (Å²) in [6, 6.07) is 12.7. The van der Waals surface area contributed by atoms with Crippen LogP contribution in [0.5, 0.6) is 0 Å². The fourth-order valence-corrected chi connectivity index (χ4v) is 10.6. The smallest absolute Gasteiger partial charge is 0.293 e. The number of aromatic nitrogens is 6. The Morgan fingerprint density at radius 1 is 0.926 bits per heavy atom. The van der Waals surface area contributed by atoms with Crippen molar-refractivity contribution in [3.05, 3.63) is 128 Å². The molecule has 1 fully saturated rings. The van der Waals surface area contributed by atoms with Gasteiger partial charge in [-0.3, -0.25) is 28.2 Å². The largest absolute Gasteiger partial charge is 0.344 e. The van der Waals surface area contributed by atoms with Gasteiger partial charge in [0.05, 0.1) is 49.7 Å². The minimum Gasteiger partial charge on any atom is -0.344 e. The topological polar surface area (TPSA) is 180 Å². The molecule has 25 heteroatoms. The second-order valence-corrected chi connectivity index (χ2v) is 20.6. The van der Waals surface area contributed by atoms with Crippen molar-refractivity contribution in [3.8, 4) is 16.8 Å². The molecule has 4 aromatic carbocycles. The number of rotatable bonds is 14. The molecule has 0 unspecified atom stereocenters. The van der Waals surface area contributed by atoms with Crippen molar-refractivity contribution in [1.29, 1.82) is 0 Å². The molecular weight excluding hydrogens is 976 g/mol. The van der Waals surface area contributed by atoms with Crippen LogP contribution in [0.25, 0.3) is 38.6 Å². The van der Waals surface area contributed by atoms with E-state index in [-0.39, 0.29) is 66.1 Å². The second-order valence-electron chi connectivity index (χ2n) is 16.5. The first kappa shape index (κ1) is 46.7. The lowest BCUT2D eigenvalue weighted by atomic mass is 10.0. The maximum Gasteiger partial charge on any atom is 0.293 e. The molecule has 1 amide bonds. The Kier molecular flexibility index (Phi) is 11.5. The zero-order valence-electron chi connectivity index (χ0n) is 35.0. The van der Waals surface area contributed by atoms with Crippen molar-refractivity contribution in [2.24, 2.45) is 5.92 Å². The number of halogens is 9. The number of fused-ring (bicyclic) bond motifs is 5. The number of amides is 1. The summed E-state index contributed by atoms with van der Waals surface area (Å²) in [5.74, 6) is -10.3. The molecule has 0 spiro atoms. The molecular formula is C43H33ClF8N8O6S2. The van der Waals surface area contributed by atoms with E-state index in [9.17, 15) is 48.0 Å². The highest BCUT2D eigenvalue weighted by atomic mass is 35.5. The minimum atomic E-state index is -4.17. The average molecular weight is 1010 g/mol. The van der Waals surface area contributed by atoms with Gasteiger partial charge in [-0.05, 0) is 65.9 Å². The van der Waals surface area contributed by atoms with E-state index in [4.69, 9.17) is 16.6 Å². The average Bonchev–Trinajstić information content (AvgIpc) is 3.76.